The third-order valence-electron chi connectivity index (χ3n) is 3.16. The Hall–Kier alpha value is -2.76. The summed E-state index contributed by atoms with van der Waals surface area (Å²) in [6.07, 6.45) is 0. The number of amides is 1. The number of carbonyl (C=O) groups is 1. The van der Waals surface area contributed by atoms with Crippen LogP contribution in [0.15, 0.2) is 48.5 Å². The molecule has 1 amide bonds. The summed E-state index contributed by atoms with van der Waals surface area (Å²) >= 11 is 0. The Bertz CT molecular complexity index is 660. The van der Waals surface area contributed by atoms with Gasteiger partial charge in [-0.3, -0.25) is 4.79 Å². The van der Waals surface area contributed by atoms with Crippen molar-refractivity contribution in [3.63, 3.8) is 0 Å². The highest BCUT2D eigenvalue weighted by Gasteiger charge is 2.10. The molecule has 0 bridgehead atoms. The first-order valence-electron chi connectivity index (χ1n) is 7.52. The van der Waals surface area contributed by atoms with E-state index in [-0.39, 0.29) is 24.3 Å². The molecule has 1 unspecified atom stereocenters. The fraction of sp³-hybridized carbons (Fsp3) is 0.278. The topological polar surface area (TPSA) is 56.8 Å². The first kappa shape index (κ1) is 17.6. The highest BCUT2D eigenvalue weighted by molar-refractivity contribution is 5.77. The van der Waals surface area contributed by atoms with Crippen molar-refractivity contribution in [2.45, 2.75) is 13.0 Å². The summed E-state index contributed by atoms with van der Waals surface area (Å²) in [5.41, 5.74) is 0. The summed E-state index contributed by atoms with van der Waals surface area (Å²) in [5, 5.41) is 2.73. The molecule has 0 aliphatic carbocycles. The molecule has 0 saturated heterocycles. The van der Waals surface area contributed by atoms with Gasteiger partial charge in [-0.1, -0.05) is 12.1 Å². The minimum Gasteiger partial charge on any atom is -0.497 e. The van der Waals surface area contributed by atoms with E-state index in [9.17, 15) is 9.18 Å². The Labute approximate surface area is 140 Å². The summed E-state index contributed by atoms with van der Waals surface area (Å²) in [6.45, 7) is 1.86. The fourth-order valence-electron chi connectivity index (χ4n) is 1.96. The lowest BCUT2D eigenvalue weighted by Gasteiger charge is -2.15. The monoisotopic (exact) mass is 333 g/mol. The molecule has 24 heavy (non-hydrogen) atoms. The Morgan fingerprint density at radius 2 is 1.75 bits per heavy atom. The zero-order valence-corrected chi connectivity index (χ0v) is 13.6. The summed E-state index contributed by atoms with van der Waals surface area (Å²) in [5.74, 6) is 0.633. The number of hydrogen-bond acceptors (Lipinski definition) is 4. The second-order valence-corrected chi connectivity index (χ2v) is 5.17. The van der Waals surface area contributed by atoms with E-state index in [1.54, 1.807) is 43.5 Å². The molecule has 2 aromatic carbocycles. The largest absolute Gasteiger partial charge is 0.497 e. The molecule has 0 radical (unpaired) electrons. The molecular weight excluding hydrogens is 313 g/mol. The van der Waals surface area contributed by atoms with Crippen LogP contribution in [0.4, 0.5) is 4.39 Å². The highest BCUT2D eigenvalue weighted by atomic mass is 19.1. The molecule has 2 aromatic rings. The molecule has 128 valence electrons. The van der Waals surface area contributed by atoms with Crippen molar-refractivity contribution in [2.24, 2.45) is 0 Å². The molecule has 6 heteroatoms. The number of rotatable bonds is 8. The summed E-state index contributed by atoms with van der Waals surface area (Å²) in [6, 6.07) is 12.9. The van der Waals surface area contributed by atoms with E-state index in [4.69, 9.17) is 14.2 Å². The lowest BCUT2D eigenvalue weighted by atomic mass is 10.3. The van der Waals surface area contributed by atoms with Crippen LogP contribution in [0.3, 0.4) is 0 Å². The van der Waals surface area contributed by atoms with Crippen LogP contribution in [0, 0.1) is 5.82 Å². The molecule has 0 spiro atoms. The van der Waals surface area contributed by atoms with Crippen LogP contribution in [0.2, 0.25) is 0 Å². The van der Waals surface area contributed by atoms with Crippen molar-refractivity contribution in [1.29, 1.82) is 0 Å². The number of nitrogens with one attached hydrogen (secondary N) is 1. The molecule has 5 nitrogen and oxygen atoms in total. The van der Waals surface area contributed by atoms with E-state index in [0.717, 1.165) is 5.75 Å². The Morgan fingerprint density at radius 3 is 2.42 bits per heavy atom. The zero-order valence-electron chi connectivity index (χ0n) is 13.6. The van der Waals surface area contributed by atoms with Gasteiger partial charge in [0.05, 0.1) is 13.2 Å². The second-order valence-electron chi connectivity index (χ2n) is 5.17. The van der Waals surface area contributed by atoms with E-state index >= 15 is 0 Å². The molecule has 0 aliphatic heterocycles. The van der Waals surface area contributed by atoms with Gasteiger partial charge in [-0.25, -0.2) is 4.39 Å². The van der Waals surface area contributed by atoms with E-state index < -0.39 is 5.82 Å². The Morgan fingerprint density at radius 1 is 1.08 bits per heavy atom. The van der Waals surface area contributed by atoms with Gasteiger partial charge in [0.25, 0.3) is 5.91 Å². The van der Waals surface area contributed by atoms with Crippen molar-refractivity contribution >= 4 is 5.91 Å². The quantitative estimate of drug-likeness (QED) is 0.807. The average molecular weight is 333 g/mol. The van der Waals surface area contributed by atoms with Crippen molar-refractivity contribution in [3.05, 3.63) is 54.3 Å². The standard InChI is InChI=1S/C18H20FNO4/c1-13(11-23-15-9-7-14(22-2)8-10-15)20-18(21)12-24-17-6-4-3-5-16(17)19/h3-10,13H,11-12H2,1-2H3,(H,20,21). The third-order valence-corrected chi connectivity index (χ3v) is 3.16. The summed E-state index contributed by atoms with van der Waals surface area (Å²) < 4.78 is 29.2. The average Bonchev–Trinajstić information content (AvgIpc) is 2.59. The predicted molar refractivity (Wildman–Crippen MR) is 88.0 cm³/mol. The Balaban J connectivity index is 1.72. The molecule has 0 aromatic heterocycles. The van der Waals surface area contributed by atoms with Gasteiger partial charge in [-0.05, 0) is 43.3 Å². The summed E-state index contributed by atoms with van der Waals surface area (Å²) in [4.78, 5) is 11.8. The normalized spacial score (nSPS) is 11.5. The van der Waals surface area contributed by atoms with Gasteiger partial charge in [0, 0.05) is 0 Å². The molecule has 0 aliphatic rings. The maximum absolute atomic E-state index is 13.4. The summed E-state index contributed by atoms with van der Waals surface area (Å²) in [7, 11) is 1.59. The van der Waals surface area contributed by atoms with Crippen molar-refractivity contribution in [1.82, 2.24) is 5.32 Å². The van der Waals surface area contributed by atoms with Crippen LogP contribution >= 0.6 is 0 Å². The number of carbonyl (C=O) groups excluding carboxylic acids is 1. The first-order chi connectivity index (χ1) is 11.6. The van der Waals surface area contributed by atoms with Crippen molar-refractivity contribution in [2.75, 3.05) is 20.3 Å². The van der Waals surface area contributed by atoms with Crippen LogP contribution in [0.5, 0.6) is 17.2 Å². The molecular formula is C18H20FNO4. The van der Waals surface area contributed by atoms with E-state index in [1.165, 1.54) is 12.1 Å². The number of para-hydroxylation sites is 1. The van der Waals surface area contributed by atoms with Crippen LogP contribution in [-0.4, -0.2) is 32.3 Å². The van der Waals surface area contributed by atoms with Gasteiger partial charge >= 0.3 is 0 Å². The zero-order chi connectivity index (χ0) is 17.4. The number of ether oxygens (including phenoxy) is 3. The van der Waals surface area contributed by atoms with Gasteiger partial charge in [0.1, 0.15) is 18.1 Å². The SMILES string of the molecule is COc1ccc(OCC(C)NC(=O)COc2ccccc2F)cc1. The minimum absolute atomic E-state index is 0.0507. The first-order valence-corrected chi connectivity index (χ1v) is 7.52. The molecule has 2 rings (SSSR count). The number of methoxy groups -OCH3 is 1. The lowest BCUT2D eigenvalue weighted by Crippen LogP contribution is -2.39. The molecule has 1 N–H and O–H groups in total. The van der Waals surface area contributed by atoms with Crippen molar-refractivity contribution in [3.8, 4) is 17.2 Å². The molecule has 1 atom stereocenters. The number of halogens is 1. The van der Waals surface area contributed by atoms with E-state index in [0.29, 0.717) is 12.4 Å². The van der Waals surface area contributed by atoms with Crippen molar-refractivity contribution < 1.29 is 23.4 Å². The van der Waals surface area contributed by atoms with Gasteiger partial charge in [0.2, 0.25) is 0 Å². The van der Waals surface area contributed by atoms with Gasteiger partial charge in [-0.15, -0.1) is 0 Å². The van der Waals surface area contributed by atoms with E-state index in [2.05, 4.69) is 5.32 Å². The van der Waals surface area contributed by atoms with Gasteiger partial charge in [0.15, 0.2) is 18.2 Å². The van der Waals surface area contributed by atoms with Gasteiger partial charge in [-0.2, -0.15) is 0 Å². The number of hydrogen-bond donors (Lipinski definition) is 1. The van der Waals surface area contributed by atoms with Crippen LogP contribution in [0.1, 0.15) is 6.92 Å². The maximum atomic E-state index is 13.4. The molecule has 0 heterocycles. The fourth-order valence-corrected chi connectivity index (χ4v) is 1.96. The van der Waals surface area contributed by atoms with E-state index in [1.807, 2.05) is 6.92 Å². The second kappa shape index (κ2) is 8.76. The Kier molecular flexibility index (Phi) is 6.42. The number of benzene rings is 2. The van der Waals surface area contributed by atoms with Crippen LogP contribution in [-0.2, 0) is 4.79 Å². The minimum atomic E-state index is -0.499. The molecule has 0 fully saturated rings. The lowest BCUT2D eigenvalue weighted by molar-refractivity contribution is -0.123. The van der Waals surface area contributed by atoms with Gasteiger partial charge < -0.3 is 19.5 Å². The smallest absolute Gasteiger partial charge is 0.258 e. The van der Waals surface area contributed by atoms with Crippen LogP contribution in [0.25, 0.3) is 0 Å². The predicted octanol–water partition coefficient (Wildman–Crippen LogP) is 2.80. The maximum Gasteiger partial charge on any atom is 0.258 e. The van der Waals surface area contributed by atoms with Crippen LogP contribution < -0.4 is 19.5 Å². The highest BCUT2D eigenvalue weighted by Crippen LogP contribution is 2.17. The molecule has 0 saturated carbocycles. The third kappa shape index (κ3) is 5.46.